The monoisotopic (exact) mass is 181 g/mol. The van der Waals surface area contributed by atoms with Crippen molar-refractivity contribution in [3.8, 4) is 0 Å². The highest BCUT2D eigenvalue weighted by atomic mass is 15.0. The minimum absolute atomic E-state index is 0.523. The van der Waals surface area contributed by atoms with Crippen LogP contribution in [0.1, 0.15) is 64.7 Å². The average Bonchev–Trinajstić information content (AvgIpc) is 2.30. The van der Waals surface area contributed by atoms with E-state index in [1.807, 2.05) is 0 Å². The molecule has 0 saturated heterocycles. The highest BCUT2D eigenvalue weighted by Crippen LogP contribution is 2.33. The normalized spacial score (nSPS) is 29.3. The summed E-state index contributed by atoms with van der Waals surface area (Å²) in [6.45, 7) is 2.40. The van der Waals surface area contributed by atoms with Crippen LogP contribution in [-0.4, -0.2) is 11.6 Å². The first-order valence-corrected chi connectivity index (χ1v) is 6.06. The van der Waals surface area contributed by atoms with Crippen molar-refractivity contribution >= 4 is 0 Å². The third-order valence-corrected chi connectivity index (χ3v) is 3.86. The molecule has 1 nitrogen and oxygen atoms in total. The molecular formula is C12H23N. The molecule has 0 aliphatic heterocycles. The summed E-state index contributed by atoms with van der Waals surface area (Å²) in [5.41, 5.74) is 0.523. The van der Waals surface area contributed by atoms with Gasteiger partial charge in [-0.3, -0.25) is 0 Å². The molecule has 0 radical (unpaired) electrons. The molecule has 76 valence electrons. The summed E-state index contributed by atoms with van der Waals surface area (Å²) in [7, 11) is 0. The Morgan fingerprint density at radius 2 is 1.54 bits per heavy atom. The van der Waals surface area contributed by atoms with Crippen LogP contribution in [0.3, 0.4) is 0 Å². The molecule has 0 bridgehead atoms. The summed E-state index contributed by atoms with van der Waals surface area (Å²) in [5, 5.41) is 3.87. The Morgan fingerprint density at radius 1 is 0.923 bits per heavy atom. The van der Waals surface area contributed by atoms with Crippen LogP contribution in [0, 0.1) is 0 Å². The van der Waals surface area contributed by atoms with E-state index in [-0.39, 0.29) is 0 Å². The van der Waals surface area contributed by atoms with Gasteiger partial charge < -0.3 is 5.32 Å². The average molecular weight is 181 g/mol. The SMILES string of the molecule is CC1(NC2CCCCCC2)CCC1. The molecule has 1 N–H and O–H groups in total. The molecule has 0 aromatic heterocycles. The van der Waals surface area contributed by atoms with Crippen LogP contribution in [0.4, 0.5) is 0 Å². The molecule has 0 aromatic rings. The van der Waals surface area contributed by atoms with Gasteiger partial charge in [0.05, 0.1) is 0 Å². The Bertz CT molecular complexity index is 153. The first kappa shape index (κ1) is 9.51. The molecule has 0 heterocycles. The number of rotatable bonds is 2. The minimum Gasteiger partial charge on any atom is -0.309 e. The molecule has 2 saturated carbocycles. The molecule has 0 unspecified atom stereocenters. The molecule has 2 fully saturated rings. The van der Waals surface area contributed by atoms with Gasteiger partial charge >= 0.3 is 0 Å². The maximum absolute atomic E-state index is 3.87. The summed E-state index contributed by atoms with van der Waals surface area (Å²) in [6.07, 6.45) is 12.9. The van der Waals surface area contributed by atoms with Crippen molar-refractivity contribution in [2.24, 2.45) is 0 Å². The van der Waals surface area contributed by atoms with Crippen LogP contribution >= 0.6 is 0 Å². The van der Waals surface area contributed by atoms with E-state index in [9.17, 15) is 0 Å². The van der Waals surface area contributed by atoms with Crippen molar-refractivity contribution in [3.05, 3.63) is 0 Å². The van der Waals surface area contributed by atoms with Gasteiger partial charge in [-0.25, -0.2) is 0 Å². The zero-order valence-electron chi connectivity index (χ0n) is 8.94. The van der Waals surface area contributed by atoms with Crippen molar-refractivity contribution < 1.29 is 0 Å². The maximum Gasteiger partial charge on any atom is 0.0155 e. The topological polar surface area (TPSA) is 12.0 Å². The molecule has 0 aromatic carbocycles. The smallest absolute Gasteiger partial charge is 0.0155 e. The first-order chi connectivity index (χ1) is 6.29. The van der Waals surface area contributed by atoms with E-state index in [1.165, 1.54) is 57.8 Å². The second-order valence-electron chi connectivity index (χ2n) is 5.25. The van der Waals surface area contributed by atoms with E-state index in [0.29, 0.717) is 5.54 Å². The van der Waals surface area contributed by atoms with Gasteiger partial charge in [0.2, 0.25) is 0 Å². The van der Waals surface area contributed by atoms with Gasteiger partial charge in [-0.1, -0.05) is 25.7 Å². The molecule has 13 heavy (non-hydrogen) atoms. The Morgan fingerprint density at radius 3 is 2.00 bits per heavy atom. The fraction of sp³-hybridized carbons (Fsp3) is 1.00. The summed E-state index contributed by atoms with van der Waals surface area (Å²) in [6, 6.07) is 0.841. The van der Waals surface area contributed by atoms with Crippen molar-refractivity contribution in [2.75, 3.05) is 0 Å². The van der Waals surface area contributed by atoms with Gasteiger partial charge in [0, 0.05) is 11.6 Å². The molecular weight excluding hydrogens is 158 g/mol. The highest BCUT2D eigenvalue weighted by Gasteiger charge is 2.33. The maximum atomic E-state index is 3.87. The molecule has 2 rings (SSSR count). The van der Waals surface area contributed by atoms with Gasteiger partial charge in [0.1, 0.15) is 0 Å². The zero-order valence-corrected chi connectivity index (χ0v) is 8.94. The van der Waals surface area contributed by atoms with Crippen molar-refractivity contribution in [2.45, 2.75) is 76.3 Å². The second-order valence-corrected chi connectivity index (χ2v) is 5.25. The van der Waals surface area contributed by atoms with Gasteiger partial charge in [-0.15, -0.1) is 0 Å². The summed E-state index contributed by atoms with van der Waals surface area (Å²) < 4.78 is 0. The standard InChI is InChI=1S/C12H23N/c1-12(9-6-10-12)13-11-7-4-2-3-5-8-11/h11,13H,2-10H2,1H3. The van der Waals surface area contributed by atoms with Crippen LogP contribution in [0.5, 0.6) is 0 Å². The van der Waals surface area contributed by atoms with E-state index in [2.05, 4.69) is 12.2 Å². The van der Waals surface area contributed by atoms with Crippen molar-refractivity contribution in [3.63, 3.8) is 0 Å². The second kappa shape index (κ2) is 4.00. The number of hydrogen-bond acceptors (Lipinski definition) is 1. The number of nitrogens with one attached hydrogen (secondary N) is 1. The lowest BCUT2D eigenvalue weighted by atomic mass is 9.77. The van der Waals surface area contributed by atoms with E-state index in [1.54, 1.807) is 0 Å². The van der Waals surface area contributed by atoms with E-state index in [4.69, 9.17) is 0 Å². The van der Waals surface area contributed by atoms with E-state index in [0.717, 1.165) is 6.04 Å². The predicted molar refractivity (Wildman–Crippen MR) is 56.9 cm³/mol. The van der Waals surface area contributed by atoms with Crippen molar-refractivity contribution in [1.82, 2.24) is 5.32 Å². The van der Waals surface area contributed by atoms with Crippen LogP contribution in [0.2, 0.25) is 0 Å². The van der Waals surface area contributed by atoms with Crippen LogP contribution in [0.25, 0.3) is 0 Å². The molecule has 0 amide bonds. The Labute approximate surface area is 82.3 Å². The molecule has 0 spiro atoms. The molecule has 1 heteroatoms. The predicted octanol–water partition coefficient (Wildman–Crippen LogP) is 3.24. The molecule has 2 aliphatic carbocycles. The summed E-state index contributed by atoms with van der Waals surface area (Å²) >= 11 is 0. The third kappa shape index (κ3) is 2.46. The van der Waals surface area contributed by atoms with Gasteiger partial charge in [-0.05, 0) is 39.0 Å². The lowest BCUT2D eigenvalue weighted by molar-refractivity contribution is 0.178. The minimum atomic E-state index is 0.523. The van der Waals surface area contributed by atoms with Gasteiger partial charge in [0.15, 0.2) is 0 Å². The first-order valence-electron chi connectivity index (χ1n) is 6.06. The lowest BCUT2D eigenvalue weighted by Gasteiger charge is -2.42. The zero-order chi connectivity index (χ0) is 9.15. The van der Waals surface area contributed by atoms with E-state index < -0.39 is 0 Å². The fourth-order valence-corrected chi connectivity index (χ4v) is 2.77. The van der Waals surface area contributed by atoms with Crippen LogP contribution in [-0.2, 0) is 0 Å². The number of hydrogen-bond donors (Lipinski definition) is 1. The van der Waals surface area contributed by atoms with Gasteiger partial charge in [-0.2, -0.15) is 0 Å². The Hall–Kier alpha value is -0.0400. The van der Waals surface area contributed by atoms with Gasteiger partial charge in [0.25, 0.3) is 0 Å². The summed E-state index contributed by atoms with van der Waals surface area (Å²) in [5.74, 6) is 0. The van der Waals surface area contributed by atoms with Crippen LogP contribution < -0.4 is 5.32 Å². The molecule has 2 aliphatic rings. The van der Waals surface area contributed by atoms with Crippen LogP contribution in [0.15, 0.2) is 0 Å². The third-order valence-electron chi connectivity index (χ3n) is 3.86. The lowest BCUT2D eigenvalue weighted by Crippen LogP contribution is -2.52. The van der Waals surface area contributed by atoms with E-state index >= 15 is 0 Å². The summed E-state index contributed by atoms with van der Waals surface area (Å²) in [4.78, 5) is 0. The quantitative estimate of drug-likeness (QED) is 0.645. The van der Waals surface area contributed by atoms with Crippen molar-refractivity contribution in [1.29, 1.82) is 0 Å². The Balaban J connectivity index is 1.78. The largest absolute Gasteiger partial charge is 0.309 e. The highest BCUT2D eigenvalue weighted by molar-refractivity contribution is 4.94. The fourth-order valence-electron chi connectivity index (χ4n) is 2.77. The Kier molecular flexibility index (Phi) is 2.92. The molecule has 0 atom stereocenters.